The molecule has 2 nitrogen and oxygen atoms in total. The molecule has 0 bridgehead atoms. The molecule has 35 heavy (non-hydrogen) atoms. The molecule has 0 saturated heterocycles. The van der Waals surface area contributed by atoms with Crippen molar-refractivity contribution in [3.8, 4) is 0 Å². The van der Waals surface area contributed by atoms with Crippen LogP contribution in [0.25, 0.3) is 6.08 Å². The number of hydrogen-bond donors (Lipinski definition) is 1. The third-order valence-electron chi connectivity index (χ3n) is 6.80. The first-order valence-electron chi connectivity index (χ1n) is 11.7. The number of halogens is 2. The number of carbonyl (C=O) groups is 1. The van der Waals surface area contributed by atoms with E-state index in [1.54, 1.807) is 0 Å². The molecule has 0 heterocycles. The van der Waals surface area contributed by atoms with Gasteiger partial charge in [-0.1, -0.05) is 0 Å². The summed E-state index contributed by atoms with van der Waals surface area (Å²) in [4.78, 5) is 13.8. The van der Waals surface area contributed by atoms with Gasteiger partial charge < -0.3 is 0 Å². The molecule has 0 aliphatic heterocycles. The van der Waals surface area contributed by atoms with Crippen molar-refractivity contribution in [2.45, 2.75) is 10.6 Å². The Morgan fingerprint density at radius 3 is 2.03 bits per heavy atom. The Morgan fingerprint density at radius 2 is 1.40 bits per heavy atom. The molecule has 0 fully saturated rings. The Labute approximate surface area is 215 Å². The van der Waals surface area contributed by atoms with Gasteiger partial charge in [-0.2, -0.15) is 0 Å². The van der Waals surface area contributed by atoms with Crippen LogP contribution in [-0.4, -0.2) is 11.9 Å². The fraction of sp³-hybridized carbons (Fsp3) is 0.0690. The Kier molecular flexibility index (Phi) is 6.75. The van der Waals surface area contributed by atoms with Gasteiger partial charge in [0.1, 0.15) is 0 Å². The molecule has 0 saturated carbocycles. The van der Waals surface area contributed by atoms with Gasteiger partial charge in [0, 0.05) is 0 Å². The Morgan fingerprint density at radius 1 is 0.800 bits per heavy atom. The molecular formula is C29H26Cl2HfNOSi. The molecular weight excluding hydrogens is 656 g/mol. The van der Waals surface area contributed by atoms with E-state index in [-0.39, 0.29) is 9.58 Å². The van der Waals surface area contributed by atoms with E-state index in [1.807, 2.05) is 79.7 Å². The van der Waals surface area contributed by atoms with Gasteiger partial charge in [-0.15, -0.1) is 0 Å². The summed E-state index contributed by atoms with van der Waals surface area (Å²) in [5, 5.41) is 2.28. The molecule has 4 aromatic rings. The zero-order valence-electron chi connectivity index (χ0n) is 19.4. The molecule has 1 N–H and O–H groups in total. The van der Waals surface area contributed by atoms with Crippen molar-refractivity contribution in [3.63, 3.8) is 0 Å². The average molecular weight is 682 g/mol. The van der Waals surface area contributed by atoms with Crippen LogP contribution < -0.4 is 13.7 Å². The van der Waals surface area contributed by atoms with E-state index in [1.165, 1.54) is 0 Å². The van der Waals surface area contributed by atoms with Gasteiger partial charge in [-0.05, 0) is 0 Å². The topological polar surface area (TPSA) is 29.1 Å². The first kappa shape index (κ1) is 24.5. The minimum absolute atomic E-state index is 0.198. The molecule has 1 aliphatic carbocycles. The van der Waals surface area contributed by atoms with E-state index < -0.39 is 21.6 Å². The van der Waals surface area contributed by atoms with Crippen LogP contribution in [0.15, 0.2) is 115 Å². The van der Waals surface area contributed by atoms with E-state index in [4.69, 9.17) is 17.2 Å². The summed E-state index contributed by atoms with van der Waals surface area (Å²) in [6.07, 6.45) is 4.23. The summed E-state index contributed by atoms with van der Waals surface area (Å²) in [5.74, 6) is -2.53. The first-order valence-corrected chi connectivity index (χ1v) is 32.4. The van der Waals surface area contributed by atoms with Crippen molar-refractivity contribution in [1.82, 2.24) is 3.30 Å². The van der Waals surface area contributed by atoms with Crippen LogP contribution in [0, 0.1) is 6.92 Å². The first-order chi connectivity index (χ1) is 16.9. The van der Waals surface area contributed by atoms with E-state index >= 15 is 0 Å². The maximum atomic E-state index is 13.8. The molecule has 0 aromatic heterocycles. The summed E-state index contributed by atoms with van der Waals surface area (Å²) in [7, 11) is 16.0. The van der Waals surface area contributed by atoms with E-state index in [0.29, 0.717) is 5.56 Å². The van der Waals surface area contributed by atoms with Crippen molar-refractivity contribution in [2.24, 2.45) is 0 Å². The molecule has 4 aromatic carbocycles. The van der Waals surface area contributed by atoms with Crippen LogP contribution in [0.5, 0.6) is 0 Å². The third-order valence-corrected chi connectivity index (χ3v) is 57.2. The van der Waals surface area contributed by atoms with Crippen LogP contribution in [-0.2, 0) is 15.6 Å². The number of hydrogen-bond acceptors (Lipinski definition) is 1. The van der Waals surface area contributed by atoms with Crippen molar-refractivity contribution in [3.05, 3.63) is 138 Å². The molecule has 1 unspecified atom stereocenters. The van der Waals surface area contributed by atoms with Gasteiger partial charge >= 0.3 is 217 Å². The maximum absolute atomic E-state index is 13.8. The van der Waals surface area contributed by atoms with Crippen LogP contribution in [0.3, 0.4) is 0 Å². The molecule has 1 amide bonds. The van der Waals surface area contributed by atoms with Crippen molar-refractivity contribution >= 4 is 45.5 Å². The van der Waals surface area contributed by atoms with Gasteiger partial charge in [-0.3, -0.25) is 0 Å². The predicted octanol–water partition coefficient (Wildman–Crippen LogP) is 5.94. The zero-order chi connectivity index (χ0) is 24.5. The molecule has 5 rings (SSSR count). The monoisotopic (exact) mass is 682 g/mol. The number of aryl methyl sites for hydroxylation is 1. The molecule has 6 heteroatoms. The molecule has 175 valence electrons. The normalized spacial score (nSPS) is 15.9. The van der Waals surface area contributed by atoms with Gasteiger partial charge in [0.25, 0.3) is 0 Å². The van der Waals surface area contributed by atoms with Crippen LogP contribution in [0.1, 0.15) is 30.7 Å². The number of amides is 1. The zero-order valence-corrected chi connectivity index (χ0v) is 25.6. The molecule has 0 spiro atoms. The number of carbonyl (C=O) groups excluding carboxylic acids is 1. The number of rotatable bonds is 6. The fourth-order valence-electron chi connectivity index (χ4n) is 5.21. The second kappa shape index (κ2) is 9.66. The van der Waals surface area contributed by atoms with Gasteiger partial charge in [0.05, 0.1) is 0 Å². The number of allylic oxidation sites excluding steroid dienone is 1. The molecule has 0 radical (unpaired) electrons. The van der Waals surface area contributed by atoms with Crippen molar-refractivity contribution in [2.75, 3.05) is 0 Å². The summed E-state index contributed by atoms with van der Waals surface area (Å²) in [5.41, 5.74) is 3.81. The van der Waals surface area contributed by atoms with Crippen LogP contribution in [0.2, 0.25) is 0 Å². The SMILES string of the molecule is Cc1cccc(C(=O)[NH][Hf]([Cl])([Cl])([CH]2C=Cc3ccccc32)[SiH](c2ccccc2)c2ccccc2)c1. The van der Waals surface area contributed by atoms with Gasteiger partial charge in [0.2, 0.25) is 0 Å². The Balaban J connectivity index is 1.74. The Bertz CT molecular complexity index is 1370. The number of benzene rings is 4. The molecule has 1 aliphatic rings. The number of fused-ring (bicyclic) bond motifs is 1. The van der Waals surface area contributed by atoms with Crippen LogP contribution in [0.4, 0.5) is 0 Å². The van der Waals surface area contributed by atoms with Gasteiger partial charge in [-0.25, -0.2) is 0 Å². The fourth-order valence-corrected chi connectivity index (χ4v) is 58.9. The van der Waals surface area contributed by atoms with Gasteiger partial charge in [0.15, 0.2) is 0 Å². The molecule has 1 atom stereocenters. The summed E-state index contributed by atoms with van der Waals surface area (Å²) in [6, 6.07) is 36.4. The second-order valence-corrected chi connectivity index (χ2v) is 59.8. The summed E-state index contributed by atoms with van der Waals surface area (Å²) < 4.78 is 3.19. The summed E-state index contributed by atoms with van der Waals surface area (Å²) >= 11 is -5.44. The van der Waals surface area contributed by atoms with Crippen molar-refractivity contribution < 1.29 is 20.4 Å². The standard InChI is InChI=1S/C12H11Si.C9H7.C8H9NO.2ClH.Hf/c1-3-7-11(8-4-1)13-12-9-5-2-6-10-12;1-2-5-9-7-3-6-8(9)4-1;1-6-3-2-4-7(5-6)8(9)10;;;/h1-10,13H;1-7H;2-5H,1H3,(H2,9,10);2*1H;/q;;;;;+3/p-3. The second-order valence-electron chi connectivity index (χ2n) is 9.20. The Hall–Kier alpha value is -2.24. The van der Waals surface area contributed by atoms with E-state index in [9.17, 15) is 4.79 Å². The number of nitrogens with one attached hydrogen (secondary N) is 1. The van der Waals surface area contributed by atoms with Crippen molar-refractivity contribution in [1.29, 1.82) is 0 Å². The quantitative estimate of drug-likeness (QED) is 0.251. The van der Waals surface area contributed by atoms with E-state index in [0.717, 1.165) is 27.1 Å². The van der Waals surface area contributed by atoms with E-state index in [2.05, 4.69) is 51.9 Å². The van der Waals surface area contributed by atoms with Crippen LogP contribution >= 0.6 is 17.2 Å². The minimum atomic E-state index is -5.44. The summed E-state index contributed by atoms with van der Waals surface area (Å²) in [6.45, 7) is 1.98. The average Bonchev–Trinajstić information content (AvgIpc) is 3.31. The predicted molar refractivity (Wildman–Crippen MR) is 148 cm³/mol. The third kappa shape index (κ3) is 4.65.